The lowest BCUT2D eigenvalue weighted by Crippen LogP contribution is -2.24. The number of anilines is 1. The van der Waals surface area contributed by atoms with E-state index in [-0.39, 0.29) is 11.5 Å². The summed E-state index contributed by atoms with van der Waals surface area (Å²) in [6.07, 6.45) is 1.49. The Balaban J connectivity index is 2.45. The Morgan fingerprint density at radius 2 is 2.18 bits per heavy atom. The highest BCUT2D eigenvalue weighted by atomic mass is 16.5. The van der Waals surface area contributed by atoms with Crippen molar-refractivity contribution in [3.63, 3.8) is 0 Å². The van der Waals surface area contributed by atoms with E-state index in [9.17, 15) is 9.59 Å². The van der Waals surface area contributed by atoms with Gasteiger partial charge in [-0.1, -0.05) is 0 Å². The molecule has 1 N–H and O–H groups in total. The zero-order chi connectivity index (χ0) is 12.6. The van der Waals surface area contributed by atoms with Gasteiger partial charge in [-0.2, -0.15) is 0 Å². The molecule has 0 aromatic heterocycles. The van der Waals surface area contributed by atoms with Crippen molar-refractivity contribution in [1.29, 1.82) is 0 Å². The monoisotopic (exact) mass is 233 g/mol. The normalized spacial score (nSPS) is 15.9. The quantitative estimate of drug-likeness (QED) is 0.796. The molecule has 0 aliphatic carbocycles. The lowest BCUT2D eigenvalue weighted by Gasteiger charge is -2.17. The Morgan fingerprint density at radius 1 is 1.47 bits per heavy atom. The molecular formula is C13H15NO3. The number of ether oxygens (including phenoxy) is 1. The van der Waals surface area contributed by atoms with Crippen LogP contribution in [-0.4, -0.2) is 17.8 Å². The van der Waals surface area contributed by atoms with Crippen LogP contribution in [0.5, 0.6) is 5.75 Å². The first-order valence-electron chi connectivity index (χ1n) is 5.50. The molecular weight excluding hydrogens is 218 g/mol. The summed E-state index contributed by atoms with van der Waals surface area (Å²) < 4.78 is 5.73. The molecule has 90 valence electrons. The second-order valence-electron chi connectivity index (χ2n) is 4.89. The van der Waals surface area contributed by atoms with Crippen LogP contribution in [0.25, 0.3) is 0 Å². The Hall–Kier alpha value is -1.84. The van der Waals surface area contributed by atoms with Crippen LogP contribution in [0.15, 0.2) is 12.1 Å². The van der Waals surface area contributed by atoms with Crippen LogP contribution < -0.4 is 10.1 Å². The molecule has 17 heavy (non-hydrogen) atoms. The van der Waals surface area contributed by atoms with Crippen molar-refractivity contribution < 1.29 is 14.3 Å². The largest absolute Gasteiger partial charge is 0.486 e. The summed E-state index contributed by atoms with van der Waals surface area (Å²) >= 11 is 0. The third-order valence-corrected chi connectivity index (χ3v) is 2.64. The number of hydrogen-bond donors (Lipinski definition) is 1. The fraction of sp³-hybridized carbons (Fsp3) is 0.385. The Labute approximate surface area is 100.0 Å². The average molecular weight is 233 g/mol. The highest BCUT2D eigenvalue weighted by molar-refractivity contribution is 5.91. The first-order valence-corrected chi connectivity index (χ1v) is 5.50. The van der Waals surface area contributed by atoms with Crippen LogP contribution in [0.3, 0.4) is 0 Å². The van der Waals surface area contributed by atoms with Crippen molar-refractivity contribution in [2.24, 2.45) is 0 Å². The molecule has 0 bridgehead atoms. The van der Waals surface area contributed by atoms with Gasteiger partial charge in [0.25, 0.3) is 0 Å². The molecule has 1 aliphatic heterocycles. The Kier molecular flexibility index (Phi) is 2.65. The second kappa shape index (κ2) is 3.87. The number of aldehydes is 1. The van der Waals surface area contributed by atoms with Crippen molar-refractivity contribution in [1.82, 2.24) is 0 Å². The third-order valence-electron chi connectivity index (χ3n) is 2.64. The maximum absolute atomic E-state index is 11.0. The van der Waals surface area contributed by atoms with Crippen LogP contribution in [0.2, 0.25) is 0 Å². The predicted molar refractivity (Wildman–Crippen MR) is 64.5 cm³/mol. The summed E-state index contributed by atoms with van der Waals surface area (Å²) in [6.45, 7) is 5.38. The van der Waals surface area contributed by atoms with Crippen molar-refractivity contribution in [2.45, 2.75) is 32.8 Å². The van der Waals surface area contributed by atoms with E-state index < -0.39 is 0 Å². The van der Waals surface area contributed by atoms with Crippen molar-refractivity contribution >= 4 is 17.9 Å². The molecule has 1 aromatic carbocycles. The van der Waals surface area contributed by atoms with E-state index >= 15 is 0 Å². The zero-order valence-electron chi connectivity index (χ0n) is 10.2. The minimum absolute atomic E-state index is 0.153. The van der Waals surface area contributed by atoms with E-state index in [0.717, 1.165) is 18.3 Å². The molecule has 0 atom stereocenters. The molecule has 0 unspecified atom stereocenters. The predicted octanol–water partition coefficient (Wildman–Crippen LogP) is 2.17. The summed E-state index contributed by atoms with van der Waals surface area (Å²) in [5, 5.41) is 2.68. The second-order valence-corrected chi connectivity index (χ2v) is 4.89. The fourth-order valence-corrected chi connectivity index (χ4v) is 2.10. The first-order chi connectivity index (χ1) is 7.91. The van der Waals surface area contributed by atoms with Crippen LogP contribution in [-0.2, 0) is 11.2 Å². The van der Waals surface area contributed by atoms with Crippen LogP contribution in [0, 0.1) is 0 Å². The number of rotatable bonds is 2. The van der Waals surface area contributed by atoms with Gasteiger partial charge in [-0.05, 0) is 26.0 Å². The standard InChI is InChI=1S/C13H15NO3/c1-8(16)14-11-4-9-6-13(2,3)17-12(9)10(5-11)7-15/h4-5,7H,6H2,1-3H3,(H,14,16). The molecule has 1 aliphatic rings. The number of hydrogen-bond acceptors (Lipinski definition) is 3. The molecule has 1 amide bonds. The summed E-state index contributed by atoms with van der Waals surface area (Å²) in [4.78, 5) is 22.0. The molecule has 0 spiro atoms. The zero-order valence-corrected chi connectivity index (χ0v) is 10.2. The number of nitrogens with one attached hydrogen (secondary N) is 1. The van der Waals surface area contributed by atoms with Crippen LogP contribution in [0.1, 0.15) is 36.7 Å². The van der Waals surface area contributed by atoms with E-state index in [1.165, 1.54) is 6.92 Å². The van der Waals surface area contributed by atoms with Gasteiger partial charge in [0.05, 0.1) is 5.56 Å². The van der Waals surface area contributed by atoms with Crippen LogP contribution in [0.4, 0.5) is 5.69 Å². The van der Waals surface area contributed by atoms with Gasteiger partial charge in [-0.3, -0.25) is 9.59 Å². The van der Waals surface area contributed by atoms with Gasteiger partial charge in [-0.25, -0.2) is 0 Å². The minimum atomic E-state index is -0.297. The number of carbonyl (C=O) groups excluding carboxylic acids is 2. The minimum Gasteiger partial charge on any atom is -0.486 e. The van der Waals surface area contributed by atoms with Gasteiger partial charge in [0, 0.05) is 24.6 Å². The summed E-state index contributed by atoms with van der Waals surface area (Å²) in [7, 11) is 0. The fourth-order valence-electron chi connectivity index (χ4n) is 2.10. The number of carbonyl (C=O) groups is 2. The maximum atomic E-state index is 11.0. The summed E-state index contributed by atoms with van der Waals surface area (Å²) in [5.41, 5.74) is 1.79. The van der Waals surface area contributed by atoms with E-state index in [0.29, 0.717) is 17.0 Å². The SMILES string of the molecule is CC(=O)Nc1cc(C=O)c2c(c1)CC(C)(C)O2. The maximum Gasteiger partial charge on any atom is 0.221 e. The number of benzene rings is 1. The molecule has 1 aromatic rings. The Morgan fingerprint density at radius 3 is 2.76 bits per heavy atom. The topological polar surface area (TPSA) is 55.4 Å². The lowest BCUT2D eigenvalue weighted by molar-refractivity contribution is -0.114. The summed E-state index contributed by atoms with van der Waals surface area (Å²) in [6, 6.07) is 3.49. The van der Waals surface area contributed by atoms with Gasteiger partial charge in [0.2, 0.25) is 5.91 Å². The van der Waals surface area contributed by atoms with Crippen molar-refractivity contribution in [2.75, 3.05) is 5.32 Å². The molecule has 2 rings (SSSR count). The molecule has 0 saturated carbocycles. The highest BCUT2D eigenvalue weighted by Gasteiger charge is 2.32. The highest BCUT2D eigenvalue weighted by Crippen LogP contribution is 2.38. The van der Waals surface area contributed by atoms with Crippen molar-refractivity contribution in [3.05, 3.63) is 23.3 Å². The van der Waals surface area contributed by atoms with Gasteiger partial charge in [-0.15, -0.1) is 0 Å². The molecule has 0 fully saturated rings. The van der Waals surface area contributed by atoms with E-state index in [4.69, 9.17) is 4.74 Å². The van der Waals surface area contributed by atoms with Gasteiger partial charge in [0.1, 0.15) is 11.4 Å². The molecule has 4 nitrogen and oxygen atoms in total. The lowest BCUT2D eigenvalue weighted by atomic mass is 10.00. The van der Waals surface area contributed by atoms with E-state index in [1.807, 2.05) is 19.9 Å². The van der Waals surface area contributed by atoms with Gasteiger partial charge in [0.15, 0.2) is 6.29 Å². The van der Waals surface area contributed by atoms with Crippen LogP contribution >= 0.6 is 0 Å². The van der Waals surface area contributed by atoms with Gasteiger partial charge >= 0.3 is 0 Å². The molecule has 0 saturated heterocycles. The van der Waals surface area contributed by atoms with Crippen molar-refractivity contribution in [3.8, 4) is 5.75 Å². The number of fused-ring (bicyclic) bond motifs is 1. The summed E-state index contributed by atoms with van der Waals surface area (Å²) in [5.74, 6) is 0.485. The van der Waals surface area contributed by atoms with E-state index in [1.54, 1.807) is 6.07 Å². The van der Waals surface area contributed by atoms with Gasteiger partial charge < -0.3 is 10.1 Å². The van der Waals surface area contributed by atoms with E-state index in [2.05, 4.69) is 5.32 Å². The number of amides is 1. The average Bonchev–Trinajstić information content (AvgIpc) is 2.49. The third kappa shape index (κ3) is 2.30. The first kappa shape index (κ1) is 11.6. The molecule has 0 radical (unpaired) electrons. The smallest absolute Gasteiger partial charge is 0.221 e. The molecule has 4 heteroatoms. The molecule has 1 heterocycles. The Bertz CT molecular complexity index is 492.